The van der Waals surface area contributed by atoms with Crippen molar-refractivity contribution in [1.29, 1.82) is 0 Å². The number of phenols is 2. The first-order chi connectivity index (χ1) is 19.5. The van der Waals surface area contributed by atoms with Crippen LogP contribution in [0.3, 0.4) is 0 Å². The van der Waals surface area contributed by atoms with E-state index >= 15 is 0 Å². The maximum atomic E-state index is 13.6. The van der Waals surface area contributed by atoms with E-state index in [9.17, 15) is 29.4 Å². The molecule has 5 atom stereocenters. The molecule has 1 aromatic rings. The zero-order valence-corrected chi connectivity index (χ0v) is 23.7. The Bertz CT molecular complexity index is 1110. The van der Waals surface area contributed by atoms with Gasteiger partial charge in [-0.1, -0.05) is 31.7 Å². The first-order valence-electron chi connectivity index (χ1n) is 14.5. The van der Waals surface area contributed by atoms with Crippen molar-refractivity contribution in [3.8, 4) is 11.5 Å². The maximum absolute atomic E-state index is 13.6. The average Bonchev–Trinajstić information content (AvgIpc) is 3.48. The summed E-state index contributed by atoms with van der Waals surface area (Å²) < 4.78 is 10.9. The van der Waals surface area contributed by atoms with E-state index in [0.29, 0.717) is 37.7 Å². The van der Waals surface area contributed by atoms with Crippen molar-refractivity contribution in [3.05, 3.63) is 23.8 Å². The van der Waals surface area contributed by atoms with Gasteiger partial charge in [-0.3, -0.25) is 19.2 Å². The molecule has 0 aromatic heterocycles. The van der Waals surface area contributed by atoms with E-state index in [0.717, 1.165) is 32.2 Å². The van der Waals surface area contributed by atoms with E-state index in [-0.39, 0.29) is 42.1 Å². The third kappa shape index (κ3) is 8.64. The lowest BCUT2D eigenvalue weighted by Gasteiger charge is -2.27. The quantitative estimate of drug-likeness (QED) is 0.144. The molecule has 41 heavy (non-hydrogen) atoms. The molecule has 2 saturated heterocycles. The lowest BCUT2D eigenvalue weighted by molar-refractivity contribution is -0.134. The summed E-state index contributed by atoms with van der Waals surface area (Å²) in [7, 11) is 0. The van der Waals surface area contributed by atoms with Gasteiger partial charge in [-0.05, 0) is 43.9 Å². The van der Waals surface area contributed by atoms with Gasteiger partial charge in [0.25, 0.3) is 0 Å². The van der Waals surface area contributed by atoms with E-state index in [2.05, 4.69) is 21.3 Å². The molecule has 3 aliphatic rings. The number of hydrogen-bond acceptors (Lipinski definition) is 9. The highest BCUT2D eigenvalue weighted by Gasteiger charge is 2.50. The van der Waals surface area contributed by atoms with Crippen LogP contribution in [-0.4, -0.2) is 89.9 Å². The summed E-state index contributed by atoms with van der Waals surface area (Å²) in [5.74, 6) is -2.05. The van der Waals surface area contributed by atoms with Gasteiger partial charge in [-0.2, -0.15) is 0 Å². The number of benzene rings is 1. The number of Topliss-reactive ketones (excluding diaryl/α,β-unsaturated/α-hetero) is 1. The highest BCUT2D eigenvalue weighted by Crippen LogP contribution is 2.33. The third-order valence-corrected chi connectivity index (χ3v) is 8.08. The van der Waals surface area contributed by atoms with E-state index < -0.39 is 35.5 Å². The van der Waals surface area contributed by atoms with Gasteiger partial charge in [0.15, 0.2) is 17.3 Å². The van der Waals surface area contributed by atoms with Crippen LogP contribution in [0.4, 0.5) is 0 Å². The lowest BCUT2D eigenvalue weighted by Crippen LogP contribution is -2.57. The Morgan fingerprint density at radius 2 is 1.76 bits per heavy atom. The van der Waals surface area contributed by atoms with Crippen molar-refractivity contribution in [2.24, 2.45) is 5.92 Å². The number of morpholine rings is 1. The van der Waals surface area contributed by atoms with Gasteiger partial charge in [0.05, 0.1) is 31.8 Å². The van der Waals surface area contributed by atoms with Gasteiger partial charge in [0.2, 0.25) is 17.7 Å². The fourth-order valence-electron chi connectivity index (χ4n) is 5.46. The molecule has 12 heteroatoms. The number of aromatic hydroxyl groups is 2. The van der Waals surface area contributed by atoms with Gasteiger partial charge < -0.3 is 41.0 Å². The third-order valence-electron chi connectivity index (χ3n) is 8.08. The topological polar surface area (TPSA) is 179 Å². The Morgan fingerprint density at radius 3 is 2.39 bits per heavy atom. The summed E-state index contributed by atoms with van der Waals surface area (Å²) in [6, 6.07) is 1.30. The number of amides is 3. The molecule has 3 fully saturated rings. The molecule has 3 amide bonds. The summed E-state index contributed by atoms with van der Waals surface area (Å²) in [4.78, 5) is 52.6. The molecule has 2 aliphatic heterocycles. The molecule has 0 spiro atoms. The first-order valence-corrected chi connectivity index (χ1v) is 14.5. The molecule has 1 unspecified atom stereocenters. The largest absolute Gasteiger partial charge is 0.504 e. The minimum absolute atomic E-state index is 0.0221. The fourth-order valence-corrected chi connectivity index (χ4v) is 5.46. The summed E-state index contributed by atoms with van der Waals surface area (Å²) in [5, 5.41) is 31.1. The number of nitrogens with one attached hydrogen (secondary N) is 4. The zero-order chi connectivity index (χ0) is 29.6. The van der Waals surface area contributed by atoms with Crippen LogP contribution in [-0.2, 0) is 35.1 Å². The fraction of sp³-hybridized carbons (Fsp3) is 0.655. The van der Waals surface area contributed by atoms with Crippen LogP contribution >= 0.6 is 0 Å². The second-order valence-electron chi connectivity index (χ2n) is 11.6. The molecule has 0 bridgehead atoms. The number of phenolic OH excluding ortho intramolecular Hbond substituents is 2. The number of ketones is 1. The number of ether oxygens (including phenoxy) is 2. The highest BCUT2D eigenvalue weighted by molar-refractivity contribution is 5.98. The van der Waals surface area contributed by atoms with Gasteiger partial charge >= 0.3 is 0 Å². The first kappa shape index (κ1) is 30.7. The average molecular weight is 575 g/mol. The van der Waals surface area contributed by atoms with Crippen LogP contribution in [0.2, 0.25) is 0 Å². The van der Waals surface area contributed by atoms with E-state index in [1.54, 1.807) is 6.92 Å². The molecule has 1 saturated carbocycles. The second kappa shape index (κ2) is 13.6. The highest BCUT2D eigenvalue weighted by atomic mass is 16.6. The van der Waals surface area contributed by atoms with Crippen LogP contribution in [0.1, 0.15) is 57.9 Å². The molecule has 6 N–H and O–H groups in total. The number of epoxide rings is 1. The molecule has 2 heterocycles. The van der Waals surface area contributed by atoms with Crippen molar-refractivity contribution in [2.75, 3.05) is 26.3 Å². The van der Waals surface area contributed by atoms with Crippen LogP contribution in [0.25, 0.3) is 0 Å². The van der Waals surface area contributed by atoms with Crippen molar-refractivity contribution in [2.45, 2.75) is 88.6 Å². The van der Waals surface area contributed by atoms with E-state index in [1.165, 1.54) is 25.1 Å². The lowest BCUT2D eigenvalue weighted by atomic mass is 9.90. The molecule has 12 nitrogen and oxygen atoms in total. The van der Waals surface area contributed by atoms with E-state index in [4.69, 9.17) is 9.47 Å². The van der Waals surface area contributed by atoms with Crippen LogP contribution in [0.15, 0.2) is 18.2 Å². The molecule has 4 rings (SSSR count). The Labute approximate surface area is 239 Å². The Balaban J connectivity index is 1.44. The Morgan fingerprint density at radius 1 is 1.05 bits per heavy atom. The maximum Gasteiger partial charge on any atom is 0.243 e. The van der Waals surface area contributed by atoms with Gasteiger partial charge in [-0.15, -0.1) is 0 Å². The summed E-state index contributed by atoms with van der Waals surface area (Å²) in [6.45, 7) is 5.30. The standard InChI is InChI=1S/C29H42N4O8/c1-17(31-25(36)14-20-15-30-9-10-40-20)27(38)33-22(12-19-7-8-23(34)24(35)13-19)28(39)32-21(11-18-5-3-4-6-18)26(37)29(2)16-41-29/h7-8,13,17-18,20-22,30,34-35H,3-6,9-12,14-16H2,1-2H3,(H,31,36)(H,32,39)(H,33,38)/t17-,20?,21-,22-,29+/m0/s1. The molecule has 1 aliphatic carbocycles. The van der Waals surface area contributed by atoms with Crippen LogP contribution in [0, 0.1) is 5.92 Å². The van der Waals surface area contributed by atoms with Crippen LogP contribution in [0.5, 0.6) is 11.5 Å². The molecular weight excluding hydrogens is 532 g/mol. The summed E-state index contributed by atoms with van der Waals surface area (Å²) in [6.07, 6.45) is 4.43. The van der Waals surface area contributed by atoms with Gasteiger partial charge in [0, 0.05) is 19.5 Å². The Hall–Kier alpha value is -3.22. The van der Waals surface area contributed by atoms with Crippen molar-refractivity contribution >= 4 is 23.5 Å². The SMILES string of the molecule is C[C@H](NC(=O)CC1CNCCO1)C(=O)N[C@@H](Cc1ccc(O)c(O)c1)C(=O)N[C@@H](CC1CCCC1)C(=O)[C@@]1(C)CO1. The van der Waals surface area contributed by atoms with Crippen molar-refractivity contribution in [3.63, 3.8) is 0 Å². The van der Waals surface area contributed by atoms with Crippen molar-refractivity contribution in [1.82, 2.24) is 21.3 Å². The van der Waals surface area contributed by atoms with Crippen molar-refractivity contribution < 1.29 is 38.9 Å². The monoisotopic (exact) mass is 574 g/mol. The van der Waals surface area contributed by atoms with Gasteiger partial charge in [-0.25, -0.2) is 0 Å². The second-order valence-corrected chi connectivity index (χ2v) is 11.6. The van der Waals surface area contributed by atoms with Crippen LogP contribution < -0.4 is 21.3 Å². The predicted molar refractivity (Wildman–Crippen MR) is 148 cm³/mol. The Kier molecular flexibility index (Phi) is 10.2. The molecular formula is C29H42N4O8. The number of carbonyl (C=O) groups is 4. The minimum atomic E-state index is -1.12. The number of rotatable bonds is 13. The van der Waals surface area contributed by atoms with Gasteiger partial charge in [0.1, 0.15) is 17.7 Å². The predicted octanol–water partition coefficient (Wildman–Crippen LogP) is 0.431. The number of carbonyl (C=O) groups excluding carboxylic acids is 4. The summed E-state index contributed by atoms with van der Waals surface area (Å²) in [5.41, 5.74) is -0.440. The normalized spacial score (nSPS) is 24.6. The van der Waals surface area contributed by atoms with E-state index in [1.807, 2.05) is 0 Å². The summed E-state index contributed by atoms with van der Waals surface area (Å²) >= 11 is 0. The smallest absolute Gasteiger partial charge is 0.243 e. The molecule has 226 valence electrons. The zero-order valence-electron chi connectivity index (χ0n) is 23.7. The minimum Gasteiger partial charge on any atom is -0.504 e. The molecule has 0 radical (unpaired) electrons. The number of hydrogen-bond donors (Lipinski definition) is 6. The molecule has 1 aromatic carbocycles.